The van der Waals surface area contributed by atoms with Crippen molar-refractivity contribution in [1.29, 1.82) is 0 Å². The van der Waals surface area contributed by atoms with E-state index in [2.05, 4.69) is 15.5 Å². The summed E-state index contributed by atoms with van der Waals surface area (Å²) in [7, 11) is 0. The molecule has 1 amide bonds. The molecule has 23 heavy (non-hydrogen) atoms. The second kappa shape index (κ2) is 5.16. The predicted molar refractivity (Wildman–Crippen MR) is 85.9 cm³/mol. The maximum Gasteiger partial charge on any atom is 0.316 e. The molecule has 0 unspecified atom stereocenters. The number of carbonyl (C=O) groups excluding carboxylic acids is 1. The third kappa shape index (κ3) is 2.31. The van der Waals surface area contributed by atoms with Gasteiger partial charge in [-0.2, -0.15) is 4.98 Å². The molecule has 2 aromatic rings. The lowest BCUT2D eigenvalue weighted by Gasteiger charge is -2.54. The Morgan fingerprint density at radius 2 is 1.91 bits per heavy atom. The van der Waals surface area contributed by atoms with Gasteiger partial charge in [-0.05, 0) is 67.2 Å². The Bertz CT molecular complexity index is 696. The molecule has 0 aliphatic heterocycles. The second-order valence-corrected chi connectivity index (χ2v) is 8.28. The zero-order valence-corrected chi connectivity index (χ0v) is 13.6. The van der Waals surface area contributed by atoms with Crippen LogP contribution in [0.15, 0.2) is 22.0 Å². The number of carbonyl (C=O) groups is 1. The minimum absolute atomic E-state index is 0.0854. The topological polar surface area (TPSA) is 68.0 Å². The van der Waals surface area contributed by atoms with Crippen LogP contribution in [0.3, 0.4) is 0 Å². The molecule has 0 atom stereocenters. The van der Waals surface area contributed by atoms with Crippen LogP contribution in [-0.2, 0) is 0 Å². The van der Waals surface area contributed by atoms with Gasteiger partial charge in [0.15, 0.2) is 0 Å². The maximum absolute atomic E-state index is 12.5. The van der Waals surface area contributed by atoms with Crippen LogP contribution in [0.25, 0.3) is 10.7 Å². The molecule has 120 valence electrons. The van der Waals surface area contributed by atoms with Gasteiger partial charge < -0.3 is 9.84 Å². The van der Waals surface area contributed by atoms with Crippen molar-refractivity contribution in [3.8, 4) is 10.7 Å². The minimum Gasteiger partial charge on any atom is -0.345 e. The SMILES string of the molecule is O=C(NC1C2CC3CC(C2)CC1C3)c1nc(-c2cccs2)no1. The van der Waals surface area contributed by atoms with E-state index < -0.39 is 0 Å². The number of hydrogen-bond acceptors (Lipinski definition) is 5. The normalized spacial score (nSPS) is 34.7. The molecule has 1 N–H and O–H groups in total. The number of hydrogen-bond donors (Lipinski definition) is 1. The van der Waals surface area contributed by atoms with Gasteiger partial charge in [0.05, 0.1) is 4.88 Å². The minimum atomic E-state index is -0.210. The summed E-state index contributed by atoms with van der Waals surface area (Å²) in [6.45, 7) is 0. The van der Waals surface area contributed by atoms with E-state index in [1.165, 1.54) is 43.4 Å². The first kappa shape index (κ1) is 13.7. The van der Waals surface area contributed by atoms with E-state index in [9.17, 15) is 4.79 Å². The highest BCUT2D eigenvalue weighted by Gasteiger charge is 2.48. The summed E-state index contributed by atoms with van der Waals surface area (Å²) >= 11 is 1.54. The molecule has 0 aromatic carbocycles. The molecular formula is C17H19N3O2S. The van der Waals surface area contributed by atoms with Gasteiger partial charge in [-0.15, -0.1) is 11.3 Å². The molecule has 4 fully saturated rings. The lowest BCUT2D eigenvalue weighted by Crippen LogP contribution is -2.55. The quantitative estimate of drug-likeness (QED) is 0.937. The van der Waals surface area contributed by atoms with E-state index in [0.717, 1.165) is 16.7 Å². The Morgan fingerprint density at radius 3 is 2.57 bits per heavy atom. The molecule has 0 saturated heterocycles. The van der Waals surface area contributed by atoms with Gasteiger partial charge in [0.1, 0.15) is 0 Å². The Morgan fingerprint density at radius 1 is 1.17 bits per heavy atom. The van der Waals surface area contributed by atoms with Crippen LogP contribution in [-0.4, -0.2) is 22.1 Å². The highest BCUT2D eigenvalue weighted by atomic mass is 32.1. The molecule has 2 heterocycles. The van der Waals surface area contributed by atoms with Crippen LogP contribution < -0.4 is 5.32 Å². The van der Waals surface area contributed by atoms with Gasteiger partial charge in [0.2, 0.25) is 5.82 Å². The predicted octanol–water partition coefficient (Wildman–Crippen LogP) is 3.35. The zero-order valence-electron chi connectivity index (χ0n) is 12.8. The van der Waals surface area contributed by atoms with Gasteiger partial charge in [-0.3, -0.25) is 4.79 Å². The Hall–Kier alpha value is -1.69. The first-order valence-corrected chi connectivity index (χ1v) is 9.32. The summed E-state index contributed by atoms with van der Waals surface area (Å²) in [5.74, 6) is 3.47. The number of aromatic nitrogens is 2. The van der Waals surface area contributed by atoms with E-state index in [1.807, 2.05) is 17.5 Å². The van der Waals surface area contributed by atoms with Crippen LogP contribution in [0.5, 0.6) is 0 Å². The summed E-state index contributed by atoms with van der Waals surface area (Å²) in [5.41, 5.74) is 0. The molecular weight excluding hydrogens is 310 g/mol. The molecule has 5 nitrogen and oxygen atoms in total. The lowest BCUT2D eigenvalue weighted by molar-refractivity contribution is -0.0124. The standard InChI is InChI=1S/C17H19N3O2S/c21-16(17-19-15(20-22-17)13-2-1-3-23-13)18-14-11-5-9-4-10(7-11)8-12(14)6-9/h1-3,9-12,14H,4-8H2,(H,18,21). The summed E-state index contributed by atoms with van der Waals surface area (Å²) < 4.78 is 5.18. The van der Waals surface area contributed by atoms with Crippen molar-refractivity contribution in [2.24, 2.45) is 23.7 Å². The van der Waals surface area contributed by atoms with E-state index in [-0.39, 0.29) is 11.8 Å². The highest BCUT2D eigenvalue weighted by Crippen LogP contribution is 2.53. The average molecular weight is 329 g/mol. The third-order valence-electron chi connectivity index (χ3n) is 5.89. The molecule has 4 aliphatic rings. The van der Waals surface area contributed by atoms with E-state index >= 15 is 0 Å². The van der Waals surface area contributed by atoms with Crippen LogP contribution >= 0.6 is 11.3 Å². The molecule has 4 aliphatic carbocycles. The van der Waals surface area contributed by atoms with Crippen molar-refractivity contribution in [2.45, 2.75) is 38.1 Å². The largest absolute Gasteiger partial charge is 0.345 e. The van der Waals surface area contributed by atoms with Crippen molar-refractivity contribution in [3.05, 3.63) is 23.4 Å². The monoisotopic (exact) mass is 329 g/mol. The van der Waals surface area contributed by atoms with Crippen LogP contribution in [0, 0.1) is 23.7 Å². The lowest BCUT2D eigenvalue weighted by atomic mass is 9.54. The molecule has 2 aromatic heterocycles. The van der Waals surface area contributed by atoms with Gasteiger partial charge in [0, 0.05) is 6.04 Å². The Kier molecular flexibility index (Phi) is 3.08. The zero-order chi connectivity index (χ0) is 15.4. The van der Waals surface area contributed by atoms with Gasteiger partial charge >= 0.3 is 11.8 Å². The summed E-state index contributed by atoms with van der Waals surface area (Å²) in [4.78, 5) is 17.7. The van der Waals surface area contributed by atoms with Crippen molar-refractivity contribution < 1.29 is 9.32 Å². The van der Waals surface area contributed by atoms with E-state index in [0.29, 0.717) is 23.7 Å². The molecule has 0 radical (unpaired) electrons. The fraction of sp³-hybridized carbons (Fsp3) is 0.588. The molecule has 4 saturated carbocycles. The highest BCUT2D eigenvalue weighted by molar-refractivity contribution is 7.13. The second-order valence-electron chi connectivity index (χ2n) is 7.33. The number of nitrogens with one attached hydrogen (secondary N) is 1. The third-order valence-corrected chi connectivity index (χ3v) is 6.75. The number of rotatable bonds is 3. The smallest absolute Gasteiger partial charge is 0.316 e. The fourth-order valence-corrected chi connectivity index (χ4v) is 5.84. The number of amides is 1. The molecule has 4 bridgehead atoms. The fourth-order valence-electron chi connectivity index (χ4n) is 5.20. The Labute approximate surface area is 138 Å². The van der Waals surface area contributed by atoms with Crippen LogP contribution in [0.1, 0.15) is 42.8 Å². The number of thiophene rings is 1. The van der Waals surface area contributed by atoms with Crippen LogP contribution in [0.4, 0.5) is 0 Å². The summed E-state index contributed by atoms with van der Waals surface area (Å²) in [5, 5.41) is 9.09. The van der Waals surface area contributed by atoms with Gasteiger partial charge in [-0.25, -0.2) is 0 Å². The van der Waals surface area contributed by atoms with E-state index in [1.54, 1.807) is 0 Å². The van der Waals surface area contributed by atoms with Crippen molar-refractivity contribution in [2.75, 3.05) is 0 Å². The Balaban J connectivity index is 1.32. The summed E-state index contributed by atoms with van der Waals surface area (Å²) in [6, 6.07) is 4.16. The maximum atomic E-state index is 12.5. The van der Waals surface area contributed by atoms with E-state index in [4.69, 9.17) is 4.52 Å². The summed E-state index contributed by atoms with van der Waals surface area (Å²) in [6.07, 6.45) is 6.54. The molecule has 6 heteroatoms. The van der Waals surface area contributed by atoms with Crippen molar-refractivity contribution in [3.63, 3.8) is 0 Å². The van der Waals surface area contributed by atoms with Gasteiger partial charge in [-0.1, -0.05) is 11.2 Å². The van der Waals surface area contributed by atoms with Crippen molar-refractivity contribution >= 4 is 17.2 Å². The van der Waals surface area contributed by atoms with Crippen molar-refractivity contribution in [1.82, 2.24) is 15.5 Å². The first-order valence-electron chi connectivity index (χ1n) is 8.44. The van der Waals surface area contributed by atoms with Gasteiger partial charge in [0.25, 0.3) is 0 Å². The number of nitrogens with zero attached hydrogens (tertiary/aromatic N) is 2. The average Bonchev–Trinajstić information content (AvgIpc) is 3.20. The molecule has 0 spiro atoms. The first-order chi connectivity index (χ1) is 11.3. The van der Waals surface area contributed by atoms with Crippen LogP contribution in [0.2, 0.25) is 0 Å². The molecule has 6 rings (SSSR count).